The third-order valence-corrected chi connectivity index (χ3v) is 8.27. The summed E-state index contributed by atoms with van der Waals surface area (Å²) in [5.41, 5.74) is 8.16. The fourth-order valence-electron chi connectivity index (χ4n) is 6.00. The first-order valence-electron chi connectivity index (χ1n) is 15.2. The summed E-state index contributed by atoms with van der Waals surface area (Å²) in [6.45, 7) is 15.0. The first-order chi connectivity index (χ1) is 20.2. The molecular formula is C36H44F3N3. The molecule has 0 aliphatic carbocycles. The van der Waals surface area contributed by atoms with Crippen LogP contribution in [0.5, 0.6) is 0 Å². The predicted molar refractivity (Wildman–Crippen MR) is 173 cm³/mol. The number of nitrogens with one attached hydrogen (secondary N) is 1. The van der Waals surface area contributed by atoms with Gasteiger partial charge >= 0.3 is 6.18 Å². The first-order valence-corrected chi connectivity index (χ1v) is 15.2. The molecule has 42 heavy (non-hydrogen) atoms. The number of alkyl halides is 3. The van der Waals surface area contributed by atoms with Gasteiger partial charge in [-0.2, -0.15) is 13.2 Å². The average Bonchev–Trinajstić information content (AvgIpc) is 2.98. The molecule has 1 unspecified atom stereocenters. The van der Waals surface area contributed by atoms with Crippen molar-refractivity contribution < 1.29 is 13.2 Å². The van der Waals surface area contributed by atoms with Crippen molar-refractivity contribution in [3.63, 3.8) is 0 Å². The van der Waals surface area contributed by atoms with Crippen LogP contribution in [0.4, 0.5) is 30.2 Å². The molecule has 224 valence electrons. The number of benzene rings is 4. The third kappa shape index (κ3) is 7.21. The molecule has 0 fully saturated rings. The zero-order chi connectivity index (χ0) is 30.3. The van der Waals surface area contributed by atoms with Gasteiger partial charge in [0.15, 0.2) is 0 Å². The molecule has 0 aromatic heterocycles. The van der Waals surface area contributed by atoms with Crippen LogP contribution in [-0.2, 0) is 0 Å². The van der Waals surface area contributed by atoms with Crippen LogP contribution in [-0.4, -0.2) is 38.9 Å². The van der Waals surface area contributed by atoms with Crippen molar-refractivity contribution in [1.82, 2.24) is 0 Å². The standard InChI is InChI=1S/C36H44F3N3/c1-6-41(7-2)28-17-15-27(16-18-28)35(30-20-19-29(25-26(30)5)42(8-3)9-4)33-21-22-34(32-14-11-10-13-31(32)33)40-24-12-23-36(37,38)39/h10-11,13-22,25,35,40H,6-9,12,23-24H2,1-5H3. The molecule has 4 aromatic carbocycles. The van der Waals surface area contributed by atoms with Crippen molar-refractivity contribution in [2.75, 3.05) is 47.8 Å². The Balaban J connectivity index is 1.81. The van der Waals surface area contributed by atoms with Crippen LogP contribution in [0.1, 0.15) is 68.7 Å². The number of rotatable bonds is 13. The molecular weight excluding hydrogens is 531 g/mol. The SMILES string of the molecule is CCN(CC)c1ccc(C(c2ccc(N(CC)CC)cc2C)c2ccc(NCCCC(F)(F)F)c3ccccc23)cc1. The van der Waals surface area contributed by atoms with Crippen molar-refractivity contribution in [3.05, 3.63) is 101 Å². The lowest BCUT2D eigenvalue weighted by molar-refractivity contribution is -0.134. The lowest BCUT2D eigenvalue weighted by atomic mass is 9.80. The van der Waals surface area contributed by atoms with E-state index in [1.807, 2.05) is 18.2 Å². The molecule has 4 rings (SSSR count). The van der Waals surface area contributed by atoms with Crippen molar-refractivity contribution in [2.45, 2.75) is 59.6 Å². The van der Waals surface area contributed by atoms with Crippen LogP contribution in [0.3, 0.4) is 0 Å². The van der Waals surface area contributed by atoms with Gasteiger partial charge in [-0.1, -0.05) is 48.5 Å². The van der Waals surface area contributed by atoms with Crippen molar-refractivity contribution >= 4 is 27.8 Å². The third-order valence-electron chi connectivity index (χ3n) is 8.27. The molecule has 0 bridgehead atoms. The zero-order valence-corrected chi connectivity index (χ0v) is 25.6. The largest absolute Gasteiger partial charge is 0.389 e. The molecule has 0 heterocycles. The summed E-state index contributed by atoms with van der Waals surface area (Å²) in [5.74, 6) is -0.00862. The van der Waals surface area contributed by atoms with E-state index in [2.05, 4.69) is 110 Å². The van der Waals surface area contributed by atoms with Gasteiger partial charge in [0.2, 0.25) is 0 Å². The lowest BCUT2D eigenvalue weighted by Crippen LogP contribution is -2.22. The van der Waals surface area contributed by atoms with Crippen LogP contribution in [0.2, 0.25) is 0 Å². The highest BCUT2D eigenvalue weighted by atomic mass is 19.4. The molecule has 0 radical (unpaired) electrons. The maximum Gasteiger partial charge on any atom is 0.389 e. The summed E-state index contributed by atoms with van der Waals surface area (Å²) >= 11 is 0. The number of fused-ring (bicyclic) bond motifs is 1. The van der Waals surface area contributed by atoms with Crippen LogP contribution in [0.25, 0.3) is 10.8 Å². The Morgan fingerprint density at radius 2 is 1.26 bits per heavy atom. The highest BCUT2D eigenvalue weighted by Crippen LogP contribution is 2.41. The van der Waals surface area contributed by atoms with E-state index >= 15 is 0 Å². The Kier molecular flexibility index (Phi) is 10.4. The quantitative estimate of drug-likeness (QED) is 0.126. The monoisotopic (exact) mass is 575 g/mol. The molecule has 0 amide bonds. The topological polar surface area (TPSA) is 18.5 Å². The second-order valence-electron chi connectivity index (χ2n) is 10.8. The number of hydrogen-bond acceptors (Lipinski definition) is 3. The Morgan fingerprint density at radius 1 is 0.690 bits per heavy atom. The Labute approximate surface area is 249 Å². The molecule has 0 saturated carbocycles. The van der Waals surface area contributed by atoms with E-state index in [-0.39, 0.29) is 18.9 Å². The van der Waals surface area contributed by atoms with Gasteiger partial charge in [-0.25, -0.2) is 0 Å². The van der Waals surface area contributed by atoms with Gasteiger partial charge < -0.3 is 15.1 Å². The van der Waals surface area contributed by atoms with Gasteiger partial charge in [-0.3, -0.25) is 0 Å². The van der Waals surface area contributed by atoms with Gasteiger partial charge in [0.1, 0.15) is 0 Å². The van der Waals surface area contributed by atoms with Crippen LogP contribution in [0, 0.1) is 6.92 Å². The van der Waals surface area contributed by atoms with E-state index in [1.54, 1.807) is 0 Å². The summed E-state index contributed by atoms with van der Waals surface area (Å²) in [6, 6.07) is 28.1. The summed E-state index contributed by atoms with van der Waals surface area (Å²) in [5, 5.41) is 5.39. The Bertz CT molecular complexity index is 1440. The minimum atomic E-state index is -4.14. The average molecular weight is 576 g/mol. The van der Waals surface area contributed by atoms with Gasteiger partial charge in [0, 0.05) is 67.5 Å². The maximum atomic E-state index is 12.7. The smallest absolute Gasteiger partial charge is 0.385 e. The molecule has 0 aliphatic heterocycles. The molecule has 6 heteroatoms. The van der Waals surface area contributed by atoms with Gasteiger partial charge in [-0.05, 0) is 99.0 Å². The van der Waals surface area contributed by atoms with E-state index < -0.39 is 12.6 Å². The molecule has 4 aromatic rings. The van der Waals surface area contributed by atoms with E-state index in [0.29, 0.717) is 0 Å². The minimum Gasteiger partial charge on any atom is -0.385 e. The minimum absolute atomic E-state index is 0.00862. The number of halogens is 3. The molecule has 1 atom stereocenters. The number of aryl methyl sites for hydroxylation is 1. The Hall–Kier alpha value is -3.67. The zero-order valence-electron chi connectivity index (χ0n) is 25.6. The van der Waals surface area contributed by atoms with E-state index in [4.69, 9.17) is 0 Å². The van der Waals surface area contributed by atoms with Crippen molar-refractivity contribution in [2.24, 2.45) is 0 Å². The molecule has 0 spiro atoms. The van der Waals surface area contributed by atoms with Crippen LogP contribution < -0.4 is 15.1 Å². The number of nitrogens with zero attached hydrogens (tertiary/aromatic N) is 2. The highest BCUT2D eigenvalue weighted by molar-refractivity contribution is 5.97. The second-order valence-corrected chi connectivity index (χ2v) is 10.8. The number of hydrogen-bond donors (Lipinski definition) is 1. The van der Waals surface area contributed by atoms with Crippen LogP contribution in [0.15, 0.2) is 78.9 Å². The number of anilines is 3. The summed E-state index contributed by atoms with van der Waals surface area (Å²) in [7, 11) is 0. The van der Waals surface area contributed by atoms with E-state index in [1.165, 1.54) is 33.6 Å². The predicted octanol–water partition coefficient (Wildman–Crippen LogP) is 9.78. The van der Waals surface area contributed by atoms with Crippen molar-refractivity contribution in [3.8, 4) is 0 Å². The first kappa shape index (κ1) is 31.3. The molecule has 3 nitrogen and oxygen atoms in total. The highest BCUT2D eigenvalue weighted by Gasteiger charge is 2.26. The van der Waals surface area contributed by atoms with E-state index in [9.17, 15) is 13.2 Å². The summed E-state index contributed by atoms with van der Waals surface area (Å²) < 4.78 is 38.2. The summed E-state index contributed by atoms with van der Waals surface area (Å²) in [6.07, 6.45) is -4.89. The Morgan fingerprint density at radius 3 is 1.86 bits per heavy atom. The van der Waals surface area contributed by atoms with E-state index in [0.717, 1.165) is 42.6 Å². The van der Waals surface area contributed by atoms with Gasteiger partial charge in [0.05, 0.1) is 0 Å². The van der Waals surface area contributed by atoms with Crippen molar-refractivity contribution in [1.29, 1.82) is 0 Å². The lowest BCUT2D eigenvalue weighted by Gasteiger charge is -2.27. The maximum absolute atomic E-state index is 12.7. The second kappa shape index (κ2) is 14.0. The van der Waals surface area contributed by atoms with Crippen LogP contribution >= 0.6 is 0 Å². The fraction of sp³-hybridized carbons (Fsp3) is 0.389. The molecule has 0 aliphatic rings. The fourth-order valence-corrected chi connectivity index (χ4v) is 6.00. The molecule has 1 N–H and O–H groups in total. The van der Waals surface area contributed by atoms with Gasteiger partial charge in [0.25, 0.3) is 0 Å². The normalized spacial score (nSPS) is 12.4. The summed E-state index contributed by atoms with van der Waals surface area (Å²) in [4.78, 5) is 4.71. The van der Waals surface area contributed by atoms with Gasteiger partial charge in [-0.15, -0.1) is 0 Å². The molecule has 0 saturated heterocycles.